The number of nitrogens with zero attached hydrogens (tertiary/aromatic N) is 1. The maximum atomic E-state index is 14.0. The van der Waals surface area contributed by atoms with Gasteiger partial charge in [-0.2, -0.15) is 5.26 Å². The van der Waals surface area contributed by atoms with Gasteiger partial charge in [0.25, 0.3) is 7.37 Å². The molecule has 1 aliphatic rings. The number of benzene rings is 1. The molecule has 0 aromatic heterocycles. The van der Waals surface area contributed by atoms with Crippen molar-refractivity contribution in [2.45, 2.75) is 65.4 Å². The Morgan fingerprint density at radius 1 is 1.35 bits per heavy atom. The van der Waals surface area contributed by atoms with E-state index < -0.39 is 7.37 Å². The molecule has 0 spiro atoms. The summed E-state index contributed by atoms with van der Waals surface area (Å²) in [6.07, 6.45) is 4.96. The van der Waals surface area contributed by atoms with Crippen molar-refractivity contribution in [1.29, 1.82) is 5.26 Å². The van der Waals surface area contributed by atoms with Gasteiger partial charge in [-0.15, -0.1) is 0 Å². The summed E-state index contributed by atoms with van der Waals surface area (Å²) >= 11 is 0. The van der Waals surface area contributed by atoms with Crippen LogP contribution >= 0.6 is 7.37 Å². The molecular formula is C22H32NO2P. The van der Waals surface area contributed by atoms with Crippen LogP contribution in [-0.4, -0.2) is 6.10 Å². The smallest absolute Gasteiger partial charge is 0.257 e. The van der Waals surface area contributed by atoms with Crippen LogP contribution in [0.1, 0.15) is 59.3 Å². The third-order valence-corrected chi connectivity index (χ3v) is 8.11. The van der Waals surface area contributed by atoms with Gasteiger partial charge in [-0.3, -0.25) is 4.57 Å². The van der Waals surface area contributed by atoms with Gasteiger partial charge in [0.2, 0.25) is 0 Å². The standard InChI is InChI=1S/C22H32NO2P/c1-17(2)21-14-13-18(3)16-22(21)25-26(24,19(4)10-8-9-15-23)20-11-6-5-7-12-20/h5-7,11-12,17-18,21-22H,4,8-10,13-14,16H2,1-3H3/t18-,21+,22-,26-/m1/s1. The molecule has 4 atom stereocenters. The van der Waals surface area contributed by atoms with Gasteiger partial charge in [-0.1, -0.05) is 52.0 Å². The molecule has 26 heavy (non-hydrogen) atoms. The summed E-state index contributed by atoms with van der Waals surface area (Å²) in [5.74, 6) is 1.52. The zero-order valence-electron chi connectivity index (χ0n) is 16.4. The van der Waals surface area contributed by atoms with Crippen LogP contribution in [0.15, 0.2) is 42.2 Å². The number of nitriles is 1. The lowest BCUT2D eigenvalue weighted by atomic mass is 9.75. The second kappa shape index (κ2) is 9.54. The average molecular weight is 373 g/mol. The Kier molecular flexibility index (Phi) is 7.69. The van der Waals surface area contributed by atoms with Gasteiger partial charge >= 0.3 is 0 Å². The predicted molar refractivity (Wildman–Crippen MR) is 109 cm³/mol. The molecule has 142 valence electrons. The fraction of sp³-hybridized carbons (Fsp3) is 0.591. The van der Waals surface area contributed by atoms with Gasteiger partial charge in [-0.05, 0) is 55.6 Å². The lowest BCUT2D eigenvalue weighted by molar-refractivity contribution is 0.0507. The predicted octanol–water partition coefficient (Wildman–Crippen LogP) is 6.27. The fourth-order valence-corrected chi connectivity index (χ4v) is 6.16. The zero-order valence-corrected chi connectivity index (χ0v) is 17.3. The first-order valence-electron chi connectivity index (χ1n) is 9.77. The minimum absolute atomic E-state index is 0.00231. The molecule has 0 saturated heterocycles. The third-order valence-electron chi connectivity index (χ3n) is 5.51. The molecule has 0 N–H and O–H groups in total. The summed E-state index contributed by atoms with van der Waals surface area (Å²) in [5, 5.41) is 10.2. The molecule has 4 heteroatoms. The number of rotatable bonds is 8. The van der Waals surface area contributed by atoms with Crippen molar-refractivity contribution in [3.63, 3.8) is 0 Å². The van der Waals surface area contributed by atoms with Crippen molar-refractivity contribution in [3.8, 4) is 6.07 Å². The average Bonchev–Trinajstić information content (AvgIpc) is 2.62. The molecule has 1 fully saturated rings. The summed E-state index contributed by atoms with van der Waals surface area (Å²) in [6.45, 7) is 10.8. The summed E-state index contributed by atoms with van der Waals surface area (Å²) < 4.78 is 20.5. The second-order valence-corrected chi connectivity index (χ2v) is 10.4. The highest BCUT2D eigenvalue weighted by Gasteiger charge is 2.39. The lowest BCUT2D eigenvalue weighted by Crippen LogP contribution is -2.34. The monoisotopic (exact) mass is 373 g/mol. The number of allylic oxidation sites excluding steroid dienone is 1. The first-order valence-corrected chi connectivity index (χ1v) is 11.4. The first-order chi connectivity index (χ1) is 12.4. The maximum Gasteiger partial charge on any atom is 0.257 e. The van der Waals surface area contributed by atoms with Crippen molar-refractivity contribution in [1.82, 2.24) is 0 Å². The van der Waals surface area contributed by atoms with E-state index in [0.29, 0.717) is 42.3 Å². The van der Waals surface area contributed by atoms with Crippen LogP contribution in [0.3, 0.4) is 0 Å². The van der Waals surface area contributed by atoms with Gasteiger partial charge in [0.15, 0.2) is 0 Å². The Morgan fingerprint density at radius 3 is 2.65 bits per heavy atom. The van der Waals surface area contributed by atoms with Gasteiger partial charge in [-0.25, -0.2) is 0 Å². The molecule has 0 amide bonds. The van der Waals surface area contributed by atoms with Crippen molar-refractivity contribution >= 4 is 12.7 Å². The molecule has 0 aliphatic heterocycles. The lowest BCUT2D eigenvalue weighted by Gasteiger charge is -2.39. The minimum atomic E-state index is -3.18. The highest BCUT2D eigenvalue weighted by Crippen LogP contribution is 2.58. The van der Waals surface area contributed by atoms with E-state index in [1.54, 1.807) is 0 Å². The number of hydrogen-bond donors (Lipinski definition) is 0. The molecule has 3 nitrogen and oxygen atoms in total. The molecule has 1 aromatic carbocycles. The summed E-state index contributed by atoms with van der Waals surface area (Å²) in [7, 11) is -3.18. The first kappa shape index (κ1) is 20.9. The Hall–Kier alpha value is -1.36. The second-order valence-electron chi connectivity index (χ2n) is 7.93. The molecule has 1 aromatic rings. The number of hydrogen-bond acceptors (Lipinski definition) is 3. The van der Waals surface area contributed by atoms with Crippen molar-refractivity contribution in [3.05, 3.63) is 42.2 Å². The molecule has 0 bridgehead atoms. The summed E-state index contributed by atoms with van der Waals surface area (Å²) in [4.78, 5) is 0. The molecule has 2 rings (SSSR count). The van der Waals surface area contributed by atoms with Crippen LogP contribution in [0, 0.1) is 29.1 Å². The van der Waals surface area contributed by atoms with E-state index in [0.717, 1.165) is 18.1 Å². The Morgan fingerprint density at radius 2 is 2.04 bits per heavy atom. The van der Waals surface area contributed by atoms with E-state index in [1.165, 1.54) is 6.42 Å². The fourth-order valence-electron chi connectivity index (χ4n) is 3.89. The molecule has 0 radical (unpaired) electrons. The van der Waals surface area contributed by atoms with Crippen molar-refractivity contribution < 1.29 is 9.09 Å². The minimum Gasteiger partial charge on any atom is -0.319 e. The zero-order chi connectivity index (χ0) is 19.2. The van der Waals surface area contributed by atoms with Gasteiger partial charge in [0, 0.05) is 17.0 Å². The summed E-state index contributed by atoms with van der Waals surface area (Å²) in [6, 6.07) is 11.6. The van der Waals surface area contributed by atoms with E-state index in [1.807, 2.05) is 30.3 Å². The van der Waals surface area contributed by atoms with Crippen molar-refractivity contribution in [2.24, 2.45) is 17.8 Å². The number of unbranched alkanes of at least 4 members (excludes halogenated alkanes) is 1. The molecule has 1 aliphatic carbocycles. The van der Waals surface area contributed by atoms with Gasteiger partial charge in [0.05, 0.1) is 12.2 Å². The van der Waals surface area contributed by atoms with Gasteiger partial charge in [0.1, 0.15) is 0 Å². The Bertz CT molecular complexity index is 677. The van der Waals surface area contributed by atoms with Crippen LogP contribution in [0.4, 0.5) is 0 Å². The van der Waals surface area contributed by atoms with E-state index in [4.69, 9.17) is 9.79 Å². The molecule has 0 heterocycles. The largest absolute Gasteiger partial charge is 0.319 e. The highest BCUT2D eigenvalue weighted by atomic mass is 31.2. The highest BCUT2D eigenvalue weighted by molar-refractivity contribution is 7.71. The van der Waals surface area contributed by atoms with Crippen molar-refractivity contribution in [2.75, 3.05) is 0 Å². The van der Waals surface area contributed by atoms with E-state index in [9.17, 15) is 4.57 Å². The molecular weight excluding hydrogens is 341 g/mol. The van der Waals surface area contributed by atoms with E-state index in [2.05, 4.69) is 33.4 Å². The maximum absolute atomic E-state index is 14.0. The summed E-state index contributed by atoms with van der Waals surface area (Å²) in [5.41, 5.74) is 0. The van der Waals surface area contributed by atoms with E-state index in [-0.39, 0.29) is 6.10 Å². The van der Waals surface area contributed by atoms with E-state index >= 15 is 0 Å². The normalized spacial score (nSPS) is 25.4. The van der Waals surface area contributed by atoms with Crippen LogP contribution in [-0.2, 0) is 9.09 Å². The van der Waals surface area contributed by atoms with Gasteiger partial charge < -0.3 is 4.52 Å². The van der Waals surface area contributed by atoms with Crippen LogP contribution in [0.25, 0.3) is 0 Å². The van der Waals surface area contributed by atoms with Crippen LogP contribution in [0.2, 0.25) is 0 Å². The third kappa shape index (κ3) is 5.09. The van der Waals surface area contributed by atoms with Crippen LogP contribution in [0.5, 0.6) is 0 Å². The topological polar surface area (TPSA) is 50.1 Å². The Balaban J connectivity index is 2.30. The molecule has 0 unspecified atom stereocenters. The SMILES string of the molecule is C=C(CCCC#N)[P@@](=O)(O[C@@H]1C[C@H](C)CC[C@H]1C(C)C)c1ccccc1. The quantitative estimate of drug-likeness (QED) is 0.398. The Labute approximate surface area is 158 Å². The van der Waals surface area contributed by atoms with Crippen LogP contribution < -0.4 is 5.30 Å². The molecule has 1 saturated carbocycles.